The molecule has 0 N–H and O–H groups in total. The van der Waals surface area contributed by atoms with Crippen LogP contribution in [0.5, 0.6) is 0 Å². The number of halogens is 1. The van der Waals surface area contributed by atoms with Crippen LogP contribution in [0.15, 0.2) is 76.9 Å². The maximum absolute atomic E-state index is 15.5. The number of carbonyl (C=O) groups is 1. The summed E-state index contributed by atoms with van der Waals surface area (Å²) in [6.45, 7) is 9.87. The Morgan fingerprint density at radius 3 is 2.68 bits per heavy atom. The number of hydrogen-bond donors (Lipinski definition) is 0. The quantitative estimate of drug-likeness (QED) is 0.340. The van der Waals surface area contributed by atoms with E-state index in [9.17, 15) is 4.79 Å². The van der Waals surface area contributed by atoms with Gasteiger partial charge in [-0.2, -0.15) is 0 Å². The number of para-hydroxylation sites is 1. The number of carbonyl (C=O) groups excluding carboxylic acids is 1. The fourth-order valence-corrected chi connectivity index (χ4v) is 6.38. The number of amidine groups is 1. The number of amides is 1. The molecule has 1 aromatic heterocycles. The average molecular weight is 515 g/mol. The van der Waals surface area contributed by atoms with E-state index in [1.165, 1.54) is 11.8 Å². The number of fused-ring (bicyclic) bond motifs is 1. The summed E-state index contributed by atoms with van der Waals surface area (Å²) in [7, 11) is 0. The van der Waals surface area contributed by atoms with Crippen LogP contribution in [0.1, 0.15) is 56.7 Å². The molecule has 1 unspecified atom stereocenters. The maximum atomic E-state index is 15.5. The number of hydrogen-bond acceptors (Lipinski definition) is 5. The van der Waals surface area contributed by atoms with Crippen LogP contribution in [-0.4, -0.2) is 33.0 Å². The van der Waals surface area contributed by atoms with E-state index < -0.39 is 0 Å². The van der Waals surface area contributed by atoms with Crippen LogP contribution in [0.3, 0.4) is 0 Å². The zero-order valence-electron chi connectivity index (χ0n) is 21.6. The molecule has 190 valence electrons. The number of thioether (sulfide) groups is 1. The van der Waals surface area contributed by atoms with Crippen molar-refractivity contribution >= 4 is 40.3 Å². The van der Waals surface area contributed by atoms with Crippen molar-refractivity contribution in [2.75, 3.05) is 11.4 Å². The first-order chi connectivity index (χ1) is 17.8. The topological polar surface area (TPSA) is 48.8 Å². The number of nitrogens with zero attached hydrogens (tertiary/aromatic N) is 4. The second-order valence-electron chi connectivity index (χ2n) is 10.2. The first-order valence-electron chi connectivity index (χ1n) is 12.6. The molecule has 2 aromatic carbocycles. The first-order valence-corrected chi connectivity index (χ1v) is 13.4. The summed E-state index contributed by atoms with van der Waals surface area (Å²) in [6.07, 6.45) is 6.10. The summed E-state index contributed by atoms with van der Waals surface area (Å²) in [4.78, 5) is 26.9. The van der Waals surface area contributed by atoms with E-state index in [4.69, 9.17) is 4.99 Å². The lowest BCUT2D eigenvalue weighted by atomic mass is 9.79. The fraction of sp³-hybridized carbons (Fsp3) is 0.300. The lowest BCUT2D eigenvalue weighted by Gasteiger charge is -2.47. The Bertz CT molecular complexity index is 1370. The summed E-state index contributed by atoms with van der Waals surface area (Å²) in [5, 5.41) is 0.567. The number of anilines is 1. The number of aliphatic imine (C=N–C) groups is 1. The van der Waals surface area contributed by atoms with Gasteiger partial charge in [-0.05, 0) is 92.4 Å². The van der Waals surface area contributed by atoms with E-state index in [-0.39, 0.29) is 23.2 Å². The third kappa shape index (κ3) is 5.05. The van der Waals surface area contributed by atoms with Crippen molar-refractivity contribution in [2.45, 2.75) is 52.1 Å². The molecule has 1 fully saturated rings. The van der Waals surface area contributed by atoms with Gasteiger partial charge in [0.2, 0.25) is 0 Å². The van der Waals surface area contributed by atoms with E-state index in [2.05, 4.69) is 37.6 Å². The summed E-state index contributed by atoms with van der Waals surface area (Å²) < 4.78 is 15.5. The molecule has 7 heteroatoms. The van der Waals surface area contributed by atoms with Crippen molar-refractivity contribution in [3.8, 4) is 0 Å². The Morgan fingerprint density at radius 1 is 1.19 bits per heavy atom. The first kappa shape index (κ1) is 25.2. The Hall–Kier alpha value is -3.45. The van der Waals surface area contributed by atoms with Crippen LogP contribution in [0, 0.1) is 5.82 Å². The van der Waals surface area contributed by atoms with Crippen molar-refractivity contribution in [3.63, 3.8) is 0 Å². The van der Waals surface area contributed by atoms with Gasteiger partial charge in [0.15, 0.2) is 5.17 Å². The molecule has 1 amide bonds. The molecule has 37 heavy (non-hydrogen) atoms. The Balaban J connectivity index is 1.53. The monoisotopic (exact) mass is 514 g/mol. The van der Waals surface area contributed by atoms with E-state index in [0.717, 1.165) is 35.5 Å². The van der Waals surface area contributed by atoms with Crippen LogP contribution < -0.4 is 4.90 Å². The van der Waals surface area contributed by atoms with Crippen LogP contribution in [-0.2, 0) is 11.3 Å². The zero-order valence-corrected chi connectivity index (χ0v) is 22.4. The van der Waals surface area contributed by atoms with Crippen molar-refractivity contribution in [3.05, 3.63) is 94.4 Å². The van der Waals surface area contributed by atoms with Gasteiger partial charge >= 0.3 is 0 Å². The lowest BCUT2D eigenvalue weighted by Crippen LogP contribution is -2.48. The molecular weight excluding hydrogens is 483 g/mol. The van der Waals surface area contributed by atoms with E-state index in [1.54, 1.807) is 29.4 Å². The average Bonchev–Trinajstić information content (AvgIpc) is 3.15. The van der Waals surface area contributed by atoms with Crippen LogP contribution >= 0.6 is 11.8 Å². The lowest BCUT2D eigenvalue weighted by molar-refractivity contribution is -0.122. The van der Waals surface area contributed by atoms with Crippen LogP contribution in [0.4, 0.5) is 15.8 Å². The predicted molar refractivity (Wildman–Crippen MR) is 150 cm³/mol. The van der Waals surface area contributed by atoms with Gasteiger partial charge in [0.05, 0.1) is 17.1 Å². The molecule has 0 bridgehead atoms. The van der Waals surface area contributed by atoms with Gasteiger partial charge in [-0.1, -0.05) is 31.2 Å². The van der Waals surface area contributed by atoms with Crippen molar-refractivity contribution < 1.29 is 9.18 Å². The second kappa shape index (κ2) is 10.1. The maximum Gasteiger partial charge on any atom is 0.267 e. The molecule has 1 saturated heterocycles. The normalized spacial score (nSPS) is 21.1. The predicted octanol–water partition coefficient (Wildman–Crippen LogP) is 7.14. The molecular formula is C30H31FN4OS. The second-order valence-corrected chi connectivity index (χ2v) is 11.2. The summed E-state index contributed by atoms with van der Waals surface area (Å²) in [5.74, 6) is -0.227. The minimum atomic E-state index is -0.324. The highest BCUT2D eigenvalue weighted by molar-refractivity contribution is 8.18. The molecule has 2 aliphatic heterocycles. The minimum absolute atomic E-state index is 0.0412. The van der Waals surface area contributed by atoms with Crippen molar-refractivity contribution in [1.29, 1.82) is 0 Å². The molecule has 5 nitrogen and oxygen atoms in total. The molecule has 0 radical (unpaired) electrons. The van der Waals surface area contributed by atoms with Crippen LogP contribution in [0.25, 0.3) is 6.08 Å². The fourth-order valence-electron chi connectivity index (χ4n) is 5.39. The molecule has 1 atom stereocenters. The molecule has 0 spiro atoms. The highest BCUT2D eigenvalue weighted by atomic mass is 32.2. The van der Waals surface area contributed by atoms with Crippen molar-refractivity contribution in [1.82, 2.24) is 9.88 Å². The molecule has 5 rings (SSSR count). The van der Waals surface area contributed by atoms with Gasteiger partial charge in [0.25, 0.3) is 5.91 Å². The molecule has 3 heterocycles. The molecule has 2 aliphatic rings. The number of aromatic nitrogens is 1. The number of rotatable bonds is 5. The minimum Gasteiger partial charge on any atom is -0.366 e. The van der Waals surface area contributed by atoms with Gasteiger partial charge in [0.1, 0.15) is 5.82 Å². The largest absolute Gasteiger partial charge is 0.366 e. The summed E-state index contributed by atoms with van der Waals surface area (Å²) in [6, 6.07) is 16.9. The van der Waals surface area contributed by atoms with E-state index in [0.29, 0.717) is 22.2 Å². The third-order valence-corrected chi connectivity index (χ3v) is 8.05. The highest BCUT2D eigenvalue weighted by Gasteiger charge is 2.37. The Kier molecular flexibility index (Phi) is 6.90. The smallest absolute Gasteiger partial charge is 0.267 e. The Labute approximate surface area is 222 Å². The molecule has 0 saturated carbocycles. The van der Waals surface area contributed by atoms with Gasteiger partial charge in [-0.15, -0.1) is 0 Å². The zero-order chi connectivity index (χ0) is 26.2. The van der Waals surface area contributed by atoms with Gasteiger partial charge in [0, 0.05) is 35.7 Å². The highest BCUT2D eigenvalue weighted by Crippen LogP contribution is 2.45. The Morgan fingerprint density at radius 2 is 1.97 bits per heavy atom. The standard InChI is InChI=1S/C30H31FN4OS/c1-5-35-26-16-25(31)22(14-24(26)20(2)17-30(35,3)4)15-27-28(36)34(19-21-10-9-13-32-18-21)29(37-27)33-23-11-7-6-8-12-23/h6-16,18,20H,5,17,19H2,1-4H3/b27-15+,33-29?. The molecule has 3 aromatic rings. The summed E-state index contributed by atoms with van der Waals surface area (Å²) in [5.41, 5.74) is 4.11. The van der Waals surface area contributed by atoms with Crippen LogP contribution in [0.2, 0.25) is 0 Å². The van der Waals surface area contributed by atoms with Gasteiger partial charge < -0.3 is 4.90 Å². The number of benzene rings is 2. The third-order valence-electron chi connectivity index (χ3n) is 7.04. The van der Waals surface area contributed by atoms with E-state index >= 15 is 4.39 Å². The van der Waals surface area contributed by atoms with Gasteiger partial charge in [-0.3, -0.25) is 14.7 Å². The van der Waals surface area contributed by atoms with Crippen molar-refractivity contribution in [2.24, 2.45) is 4.99 Å². The number of pyridine rings is 1. The SMILES string of the molecule is CCN1c2cc(F)c(/C=C3/SC(=Nc4ccccc4)N(Cc4cccnc4)C3=O)cc2C(C)CC1(C)C. The molecule has 0 aliphatic carbocycles. The van der Waals surface area contributed by atoms with Gasteiger partial charge in [-0.25, -0.2) is 9.38 Å². The van der Waals surface area contributed by atoms with E-state index in [1.807, 2.05) is 48.5 Å². The summed E-state index contributed by atoms with van der Waals surface area (Å²) >= 11 is 1.28.